The lowest BCUT2D eigenvalue weighted by Crippen LogP contribution is -2.28. The molecule has 20 rings (SSSR count). The number of hydrogen-bond acceptors (Lipinski definition) is 1. The van der Waals surface area contributed by atoms with Crippen LogP contribution in [0.25, 0.3) is 136 Å². The topological polar surface area (TPSA) is 27.7 Å². The first-order chi connectivity index (χ1) is 47.6. The van der Waals surface area contributed by atoms with Gasteiger partial charge in [0.15, 0.2) is 0 Å². The minimum Gasteiger partial charge on any atom is -0.309 e. The second-order valence-corrected chi connectivity index (χ2v) is 31.2. The predicted molar refractivity (Wildman–Crippen MR) is 449 cm³/mol. The first-order valence-corrected chi connectivity index (χ1v) is 37.5. The van der Waals surface area contributed by atoms with Gasteiger partial charge in [0, 0.05) is 61.0 Å². The van der Waals surface area contributed by atoms with E-state index < -0.39 is 28.6 Å². The Labute approximate surface area is 592 Å². The van der Waals surface area contributed by atoms with Gasteiger partial charge in [0.2, 0.25) is 0 Å². The fraction of sp³-hybridized carbons (Fsp3) is 0.0430. The van der Waals surface area contributed by atoms with Crippen molar-refractivity contribution in [3.8, 4) is 17.1 Å². The number of benzene rings is 16. The van der Waals surface area contributed by atoms with Crippen molar-refractivity contribution in [2.75, 3.05) is 0 Å². The number of aromatic nitrogens is 4. The summed E-state index contributed by atoms with van der Waals surface area (Å²) in [5.74, 6) is 0. The molecule has 0 saturated heterocycles. The maximum absolute atomic E-state index is 4.66. The van der Waals surface area contributed by atoms with Gasteiger partial charge in [-0.1, -0.05) is 323 Å². The number of nitrogens with zero attached hydrogens (tertiary/aromatic N) is 4. The number of rotatable bonds is 9. The van der Waals surface area contributed by atoms with Gasteiger partial charge in [-0.3, -0.25) is 4.98 Å². The lowest BCUT2D eigenvalue weighted by atomic mass is 9.94. The highest BCUT2D eigenvalue weighted by Crippen LogP contribution is 2.36. The zero-order valence-corrected chi connectivity index (χ0v) is 57.1. The summed E-state index contributed by atoms with van der Waals surface area (Å²) in [6, 6.07) is 126. The minimum absolute atomic E-state index is 0. The number of para-hydroxylation sites is 7. The van der Waals surface area contributed by atoms with Crippen molar-refractivity contribution in [3.63, 3.8) is 0 Å². The van der Waals surface area contributed by atoms with Crippen LogP contribution in [0.1, 0.15) is 29.7 Å². The molecule has 0 unspecified atom stereocenters. The monoisotopic (exact) mass is 1340 g/mol. The predicted octanol–water partition coefficient (Wildman–Crippen LogP) is 18.9. The van der Waals surface area contributed by atoms with Crippen LogP contribution in [0.2, 0.25) is 0 Å². The molecule has 0 amide bonds. The Balaban J connectivity index is 0.000000126. The van der Waals surface area contributed by atoms with E-state index in [9.17, 15) is 0 Å². The van der Waals surface area contributed by atoms with Crippen molar-refractivity contribution in [3.05, 3.63) is 352 Å². The van der Waals surface area contributed by atoms with Gasteiger partial charge in [-0.15, -0.1) is 0 Å². The molecule has 0 saturated carbocycles. The van der Waals surface area contributed by atoms with Crippen LogP contribution in [-0.4, -0.2) is 47.2 Å². The molecule has 0 atom stereocenters. The number of hydrogen-bond donors (Lipinski definition) is 0. The van der Waals surface area contributed by atoms with Gasteiger partial charge in [-0.05, 0) is 127 Å². The molecule has 0 fully saturated rings. The number of pyridine rings is 1. The smallest absolute Gasteiger partial charge is 0.0904 e. The van der Waals surface area contributed by atoms with Gasteiger partial charge < -0.3 is 13.7 Å². The van der Waals surface area contributed by atoms with Crippen LogP contribution in [0.3, 0.4) is 0 Å². The zero-order valence-electron chi connectivity index (χ0n) is 52.9. The van der Waals surface area contributed by atoms with Gasteiger partial charge in [0.05, 0.1) is 67.2 Å². The molecular formula is C93H80N4Si3. The molecule has 4 heterocycles. The Kier molecular flexibility index (Phi) is 18.4. The average molecular weight is 1340 g/mol. The van der Waals surface area contributed by atoms with E-state index in [1.807, 2.05) is 12.3 Å². The lowest BCUT2D eigenvalue weighted by Gasteiger charge is -2.14. The van der Waals surface area contributed by atoms with Crippen molar-refractivity contribution >= 4 is 179 Å². The molecule has 0 aliphatic rings. The van der Waals surface area contributed by atoms with Crippen LogP contribution in [-0.2, 0) is 0 Å². The molecule has 4 aromatic heterocycles. The van der Waals surface area contributed by atoms with E-state index in [0.29, 0.717) is 0 Å². The summed E-state index contributed by atoms with van der Waals surface area (Å²) < 4.78 is 7.22. The first kappa shape index (κ1) is 65.6. The van der Waals surface area contributed by atoms with E-state index in [1.165, 1.54) is 162 Å². The molecule has 7 heteroatoms. The summed E-state index contributed by atoms with van der Waals surface area (Å²) in [4.78, 5) is 4.66. The van der Waals surface area contributed by atoms with Crippen molar-refractivity contribution < 1.29 is 0 Å². The van der Waals surface area contributed by atoms with Crippen LogP contribution in [0, 0.1) is 0 Å². The highest BCUT2D eigenvalue weighted by atomic mass is 28.2. The summed E-state index contributed by atoms with van der Waals surface area (Å²) in [6.07, 6.45) is 1.90. The molecule has 16 aromatic carbocycles. The quantitative estimate of drug-likeness (QED) is 0.105. The Morgan fingerprint density at radius 2 is 0.520 bits per heavy atom. The molecule has 0 spiro atoms. The molecule has 0 aliphatic heterocycles. The fourth-order valence-corrected chi connectivity index (χ4v) is 20.6. The molecule has 0 radical (unpaired) electrons. The second kappa shape index (κ2) is 28.0. The van der Waals surface area contributed by atoms with Gasteiger partial charge in [-0.25, -0.2) is 0 Å². The van der Waals surface area contributed by atoms with E-state index in [-0.39, 0.29) is 29.7 Å². The van der Waals surface area contributed by atoms with Crippen molar-refractivity contribution in [1.82, 2.24) is 18.7 Å². The summed E-state index contributed by atoms with van der Waals surface area (Å²) in [7, 11) is -1.90. The molecule has 484 valence electrons. The summed E-state index contributed by atoms with van der Waals surface area (Å²) in [5.41, 5.74) is 12.4. The molecule has 20 aromatic rings. The Morgan fingerprint density at radius 3 is 0.980 bits per heavy atom. The minimum atomic E-state index is -0.677. The summed E-state index contributed by atoms with van der Waals surface area (Å²) in [5, 5.41) is 28.8. The number of fused-ring (bicyclic) bond motifs is 11. The fourth-order valence-electron chi connectivity index (χ4n) is 15.4. The van der Waals surface area contributed by atoms with Crippen LogP contribution in [0.5, 0.6) is 0 Å². The van der Waals surface area contributed by atoms with E-state index in [2.05, 4.69) is 358 Å². The highest BCUT2D eigenvalue weighted by molar-refractivity contribution is 6.71. The second-order valence-electron chi connectivity index (χ2n) is 25.4. The van der Waals surface area contributed by atoms with Gasteiger partial charge in [-0.2, -0.15) is 0 Å². The first-order valence-electron chi connectivity index (χ1n) is 33.3. The summed E-state index contributed by atoms with van der Waals surface area (Å²) in [6.45, 7) is 0. The zero-order chi connectivity index (χ0) is 63.5. The van der Waals surface area contributed by atoms with E-state index in [0.717, 1.165) is 5.52 Å². The lowest BCUT2D eigenvalue weighted by molar-refractivity contribution is 1.18. The molecular weight excluding hydrogens is 1260 g/mol. The van der Waals surface area contributed by atoms with E-state index in [1.54, 1.807) is 0 Å². The third-order valence-electron chi connectivity index (χ3n) is 19.6. The van der Waals surface area contributed by atoms with Gasteiger partial charge in [0.25, 0.3) is 0 Å². The van der Waals surface area contributed by atoms with Gasteiger partial charge >= 0.3 is 0 Å². The average Bonchev–Trinajstić information content (AvgIpc) is 1.47. The van der Waals surface area contributed by atoms with Crippen LogP contribution < -0.4 is 31.1 Å². The highest BCUT2D eigenvalue weighted by Gasteiger charge is 2.18. The van der Waals surface area contributed by atoms with Gasteiger partial charge in [0.1, 0.15) is 0 Å². The maximum Gasteiger partial charge on any atom is 0.0904 e. The Bertz CT molecular complexity index is 5930. The van der Waals surface area contributed by atoms with Crippen LogP contribution in [0.15, 0.2) is 352 Å². The largest absolute Gasteiger partial charge is 0.309 e. The van der Waals surface area contributed by atoms with Crippen molar-refractivity contribution in [1.29, 1.82) is 0 Å². The Hall–Kier alpha value is -11.7. The van der Waals surface area contributed by atoms with Crippen molar-refractivity contribution in [2.45, 2.75) is 29.7 Å². The summed E-state index contributed by atoms with van der Waals surface area (Å²) >= 11 is 0. The SMILES string of the molecule is C.C.C.C.c1cc([SiH2]c2ccc3ccc4cccc5ccc2c3c45)cc(-n2c3ccccc3c3ccccc32)c1.c1cc([SiH2]c2cccc3ccccc23)cc(-n2c3ccccc3c3ccccc32)c1.c1cc([SiH2]c2cccc3cccnc23)cc(-n2c3ccccc3c3ccccc32)c1. The van der Waals surface area contributed by atoms with Crippen molar-refractivity contribution in [2.24, 2.45) is 0 Å². The third-order valence-corrected chi connectivity index (χ3v) is 25.1. The normalized spacial score (nSPS) is 11.6. The molecule has 100 heavy (non-hydrogen) atoms. The molecule has 0 N–H and O–H groups in total. The standard InChI is InChI=1S/C34H23NSi.C28H21NSi.C27H20N2Si.4CH4/c1-3-13-30-27(11-1)28-12-2-4-14-31(28)35(30)25-9-6-10-26(21-25)36-32-20-18-24-16-15-22-7-5-8-23-17-19-29(32)34(24)33(22)23;1-2-13-23-20(9-1)10-7-18-28(23)30-22-12-8-11-21(19-22)29-26-16-5-3-14-24(26)25-15-4-6-17-27(25)29;1-3-14-24-22(12-1)23-13-2-4-15-25(23)29(24)20-10-6-11-21(18-20)30-26-16-5-8-19-9-7-17-28-27(19)26;;;;/h1-21H,36H2;1-19H,30H2;1-18H,30H2;4*1H4. The van der Waals surface area contributed by atoms with E-state index >= 15 is 0 Å². The van der Waals surface area contributed by atoms with Crippen LogP contribution in [0.4, 0.5) is 0 Å². The maximum atomic E-state index is 4.66. The Morgan fingerprint density at radius 1 is 0.210 bits per heavy atom. The molecule has 4 nitrogen and oxygen atoms in total. The third kappa shape index (κ3) is 11.7. The molecule has 0 aliphatic carbocycles. The van der Waals surface area contributed by atoms with E-state index in [4.69, 9.17) is 0 Å². The molecule has 0 bridgehead atoms. The van der Waals surface area contributed by atoms with Crippen LogP contribution >= 0.6 is 0 Å².